The Bertz CT molecular complexity index is 535. The summed E-state index contributed by atoms with van der Waals surface area (Å²) in [6, 6.07) is 5.78. The van der Waals surface area contributed by atoms with Gasteiger partial charge in [-0.25, -0.2) is 0 Å². The topological polar surface area (TPSA) is 39.2 Å². The van der Waals surface area contributed by atoms with Crippen LogP contribution in [0.1, 0.15) is 11.3 Å². The highest BCUT2D eigenvalue weighted by Gasteiger charge is 2.09. The van der Waals surface area contributed by atoms with Crippen LogP contribution in [-0.4, -0.2) is 0 Å². The van der Waals surface area contributed by atoms with Crippen molar-refractivity contribution < 1.29 is 4.42 Å². The number of nitrogens with two attached hydrogens (primary N) is 1. The summed E-state index contributed by atoms with van der Waals surface area (Å²) in [7, 11) is 0. The van der Waals surface area contributed by atoms with E-state index >= 15 is 0 Å². The maximum absolute atomic E-state index is 5.83. The summed E-state index contributed by atoms with van der Waals surface area (Å²) in [6.45, 7) is 5.65. The molecule has 2 aromatic rings. The fourth-order valence-corrected chi connectivity index (χ4v) is 1.60. The number of aryl methyl sites for hydroxylation is 1. The maximum atomic E-state index is 5.83. The average Bonchev–Trinajstić information content (AvgIpc) is 2.55. The van der Waals surface area contributed by atoms with E-state index in [-0.39, 0.29) is 0 Å². The molecule has 2 heteroatoms. The van der Waals surface area contributed by atoms with E-state index in [1.165, 1.54) is 0 Å². The number of benzene rings is 1. The Kier molecular flexibility index (Phi) is 2.34. The first kappa shape index (κ1) is 9.59. The number of rotatable bonds is 2. The molecule has 2 rings (SSSR count). The third-order valence-corrected chi connectivity index (χ3v) is 2.41. The van der Waals surface area contributed by atoms with E-state index < -0.39 is 0 Å². The summed E-state index contributed by atoms with van der Waals surface area (Å²) in [6.07, 6.45) is 5.46. The fraction of sp³-hybridized carbons (Fsp3) is 0.0769. The molecule has 0 aliphatic carbocycles. The largest absolute Gasteiger partial charge is 0.454 e. The first-order chi connectivity index (χ1) is 7.24. The molecule has 1 aromatic heterocycles. The van der Waals surface area contributed by atoms with Crippen LogP contribution < -0.4 is 5.73 Å². The lowest BCUT2D eigenvalue weighted by atomic mass is 10.1. The van der Waals surface area contributed by atoms with Crippen LogP contribution in [0.2, 0.25) is 0 Å². The van der Waals surface area contributed by atoms with Gasteiger partial charge in [0.15, 0.2) is 5.58 Å². The standard InChI is InChI=1S/C13H13NO/c1-3-4-8-12-9(2)10-6-5-7-11(14)13(10)15-12/h3-8H,1,14H2,2H3/b8-4-. The molecule has 15 heavy (non-hydrogen) atoms. The second-order valence-corrected chi connectivity index (χ2v) is 3.41. The van der Waals surface area contributed by atoms with Crippen LogP contribution >= 0.6 is 0 Å². The molecule has 0 aliphatic heterocycles. The molecule has 2 nitrogen and oxygen atoms in total. The number of hydrogen-bond acceptors (Lipinski definition) is 2. The van der Waals surface area contributed by atoms with Crippen molar-refractivity contribution in [2.24, 2.45) is 0 Å². The highest BCUT2D eigenvalue weighted by Crippen LogP contribution is 2.29. The minimum absolute atomic E-state index is 0.675. The Morgan fingerprint density at radius 2 is 2.20 bits per heavy atom. The molecule has 0 unspecified atom stereocenters. The fourth-order valence-electron chi connectivity index (χ4n) is 1.60. The van der Waals surface area contributed by atoms with E-state index in [4.69, 9.17) is 10.2 Å². The van der Waals surface area contributed by atoms with Crippen molar-refractivity contribution in [2.45, 2.75) is 6.92 Å². The number of anilines is 1. The Labute approximate surface area is 88.7 Å². The molecule has 0 atom stereocenters. The van der Waals surface area contributed by atoms with Crippen molar-refractivity contribution in [1.29, 1.82) is 0 Å². The van der Waals surface area contributed by atoms with Crippen molar-refractivity contribution in [3.8, 4) is 0 Å². The molecular weight excluding hydrogens is 186 g/mol. The summed E-state index contributed by atoms with van der Waals surface area (Å²) >= 11 is 0. The van der Waals surface area contributed by atoms with Gasteiger partial charge in [0, 0.05) is 10.9 Å². The van der Waals surface area contributed by atoms with Crippen LogP contribution in [0.4, 0.5) is 5.69 Å². The van der Waals surface area contributed by atoms with Gasteiger partial charge in [-0.3, -0.25) is 0 Å². The predicted octanol–water partition coefficient (Wildman–Crippen LogP) is 3.52. The lowest BCUT2D eigenvalue weighted by molar-refractivity contribution is 0.602. The van der Waals surface area contributed by atoms with Gasteiger partial charge in [-0.15, -0.1) is 0 Å². The predicted molar refractivity (Wildman–Crippen MR) is 64.6 cm³/mol. The third kappa shape index (κ3) is 1.54. The molecule has 1 heterocycles. The second-order valence-electron chi connectivity index (χ2n) is 3.41. The second kappa shape index (κ2) is 3.65. The third-order valence-electron chi connectivity index (χ3n) is 2.41. The Balaban J connectivity index is 2.69. The molecular formula is C13H13NO. The molecule has 0 spiro atoms. The van der Waals surface area contributed by atoms with Gasteiger partial charge in [-0.05, 0) is 19.1 Å². The summed E-state index contributed by atoms with van der Waals surface area (Å²) in [5.41, 5.74) is 8.37. The van der Waals surface area contributed by atoms with E-state index in [9.17, 15) is 0 Å². The number of para-hydroxylation sites is 1. The SMILES string of the molecule is C=C/C=C\c1oc2c(N)cccc2c1C. The molecule has 0 bridgehead atoms. The smallest absolute Gasteiger partial charge is 0.157 e. The average molecular weight is 199 g/mol. The zero-order valence-corrected chi connectivity index (χ0v) is 8.66. The first-order valence-electron chi connectivity index (χ1n) is 4.80. The Morgan fingerprint density at radius 3 is 2.87 bits per heavy atom. The monoisotopic (exact) mass is 199 g/mol. The van der Waals surface area contributed by atoms with Gasteiger partial charge in [0.25, 0.3) is 0 Å². The summed E-state index contributed by atoms with van der Waals surface area (Å²) in [5, 5.41) is 1.07. The van der Waals surface area contributed by atoms with E-state index in [0.29, 0.717) is 5.69 Å². The van der Waals surface area contributed by atoms with Crippen LogP contribution in [0, 0.1) is 6.92 Å². The highest BCUT2D eigenvalue weighted by molar-refractivity contribution is 5.92. The Hall–Kier alpha value is -1.96. The molecule has 0 aliphatic rings. The van der Waals surface area contributed by atoms with Gasteiger partial charge in [0.2, 0.25) is 0 Å². The summed E-state index contributed by atoms with van der Waals surface area (Å²) in [5.74, 6) is 0.836. The van der Waals surface area contributed by atoms with Crippen LogP contribution in [0.25, 0.3) is 17.0 Å². The van der Waals surface area contributed by atoms with Crippen LogP contribution in [0.15, 0.2) is 41.3 Å². The van der Waals surface area contributed by atoms with Crippen molar-refractivity contribution in [3.05, 3.63) is 48.3 Å². The van der Waals surface area contributed by atoms with Gasteiger partial charge in [-0.2, -0.15) is 0 Å². The molecule has 0 fully saturated rings. The van der Waals surface area contributed by atoms with Crippen molar-refractivity contribution >= 4 is 22.7 Å². The zero-order valence-electron chi connectivity index (χ0n) is 8.66. The quantitative estimate of drug-likeness (QED) is 0.593. The molecule has 1 aromatic carbocycles. The van der Waals surface area contributed by atoms with Gasteiger partial charge < -0.3 is 10.2 Å². The van der Waals surface area contributed by atoms with Gasteiger partial charge in [0.1, 0.15) is 5.76 Å². The van der Waals surface area contributed by atoms with Crippen LogP contribution in [0.3, 0.4) is 0 Å². The minimum atomic E-state index is 0.675. The lowest BCUT2D eigenvalue weighted by Gasteiger charge is -1.92. The van der Waals surface area contributed by atoms with Gasteiger partial charge in [-0.1, -0.05) is 30.9 Å². The number of hydrogen-bond donors (Lipinski definition) is 1. The minimum Gasteiger partial charge on any atom is -0.454 e. The molecule has 0 radical (unpaired) electrons. The van der Waals surface area contributed by atoms with Crippen molar-refractivity contribution in [3.63, 3.8) is 0 Å². The first-order valence-corrected chi connectivity index (χ1v) is 4.80. The van der Waals surface area contributed by atoms with Crippen LogP contribution in [0.5, 0.6) is 0 Å². The van der Waals surface area contributed by atoms with E-state index in [0.717, 1.165) is 22.3 Å². The molecule has 0 amide bonds. The van der Waals surface area contributed by atoms with E-state index in [2.05, 4.69) is 6.58 Å². The molecule has 76 valence electrons. The van der Waals surface area contributed by atoms with Crippen LogP contribution in [-0.2, 0) is 0 Å². The zero-order chi connectivity index (χ0) is 10.8. The number of allylic oxidation sites excluding steroid dienone is 2. The summed E-state index contributed by atoms with van der Waals surface area (Å²) in [4.78, 5) is 0. The number of fused-ring (bicyclic) bond motifs is 1. The highest BCUT2D eigenvalue weighted by atomic mass is 16.3. The molecule has 0 saturated carbocycles. The van der Waals surface area contributed by atoms with E-state index in [1.54, 1.807) is 6.08 Å². The van der Waals surface area contributed by atoms with Crippen molar-refractivity contribution in [2.75, 3.05) is 5.73 Å². The number of furan rings is 1. The molecule has 0 saturated heterocycles. The van der Waals surface area contributed by atoms with Gasteiger partial charge in [0.05, 0.1) is 5.69 Å². The summed E-state index contributed by atoms with van der Waals surface area (Å²) < 4.78 is 5.67. The Morgan fingerprint density at radius 1 is 1.40 bits per heavy atom. The van der Waals surface area contributed by atoms with Crippen molar-refractivity contribution in [1.82, 2.24) is 0 Å². The van der Waals surface area contributed by atoms with Gasteiger partial charge >= 0.3 is 0 Å². The molecule has 2 N–H and O–H groups in total. The normalized spacial score (nSPS) is 11.3. The maximum Gasteiger partial charge on any atom is 0.157 e. The number of nitrogen functional groups attached to an aromatic ring is 1. The lowest BCUT2D eigenvalue weighted by Crippen LogP contribution is -1.83. The van der Waals surface area contributed by atoms with E-state index in [1.807, 2.05) is 37.3 Å².